The molecule has 9 heteroatoms. The summed E-state index contributed by atoms with van der Waals surface area (Å²) in [5, 5.41) is 11.3. The van der Waals surface area contributed by atoms with Crippen molar-refractivity contribution in [1.29, 1.82) is 0 Å². The van der Waals surface area contributed by atoms with Gasteiger partial charge in [-0.3, -0.25) is 9.59 Å². The van der Waals surface area contributed by atoms with E-state index >= 15 is 0 Å². The second kappa shape index (κ2) is 10.9. The Balaban J connectivity index is 1.41. The number of methoxy groups -OCH3 is 1. The number of aliphatic carboxylic acids is 1. The first-order chi connectivity index (χ1) is 16.5. The number of fused-ring (bicyclic) bond motifs is 3. The highest BCUT2D eigenvalue weighted by atomic mass is 32.2. The molecule has 2 unspecified atom stereocenters. The summed E-state index contributed by atoms with van der Waals surface area (Å²) < 4.78 is 10.7. The number of thioether (sulfide) groups is 1. The van der Waals surface area contributed by atoms with Gasteiger partial charge in [0.25, 0.3) is 0 Å². The zero-order valence-corrected chi connectivity index (χ0v) is 19.8. The second-order valence-electron chi connectivity index (χ2n) is 8.29. The van der Waals surface area contributed by atoms with Crippen molar-refractivity contribution in [1.82, 2.24) is 10.2 Å². The van der Waals surface area contributed by atoms with Gasteiger partial charge in [-0.2, -0.15) is 0 Å². The lowest BCUT2D eigenvalue weighted by Gasteiger charge is -2.33. The van der Waals surface area contributed by atoms with Gasteiger partial charge in [0.1, 0.15) is 17.9 Å². The van der Waals surface area contributed by atoms with Gasteiger partial charge in [-0.05, 0) is 22.3 Å². The van der Waals surface area contributed by atoms with Crippen molar-refractivity contribution >= 4 is 29.7 Å². The molecule has 2 amide bonds. The Morgan fingerprint density at radius 2 is 1.76 bits per heavy atom. The quantitative estimate of drug-likeness (QED) is 0.594. The number of carboxylic acid groups (broad SMARTS) is 1. The van der Waals surface area contributed by atoms with Crippen LogP contribution in [0.1, 0.15) is 23.5 Å². The second-order valence-corrected chi connectivity index (χ2v) is 9.60. The molecule has 4 rings (SSSR count). The fraction of sp³-hybridized carbons (Fsp3) is 0.400. The number of benzene rings is 2. The van der Waals surface area contributed by atoms with Crippen LogP contribution in [-0.2, 0) is 19.1 Å². The van der Waals surface area contributed by atoms with Crippen LogP contribution < -0.4 is 5.32 Å². The third-order valence-electron chi connectivity index (χ3n) is 6.20. The van der Waals surface area contributed by atoms with E-state index in [1.807, 2.05) is 36.4 Å². The van der Waals surface area contributed by atoms with E-state index < -0.39 is 23.4 Å². The van der Waals surface area contributed by atoms with E-state index in [-0.39, 0.29) is 38.0 Å². The Labute approximate surface area is 202 Å². The molecule has 34 heavy (non-hydrogen) atoms. The molecule has 1 aliphatic carbocycles. The molecular formula is C25H28N2O6S. The van der Waals surface area contributed by atoms with Crippen LogP contribution in [0.25, 0.3) is 11.1 Å². The molecule has 2 atom stereocenters. The first-order valence-electron chi connectivity index (χ1n) is 11.2. The molecule has 2 aromatic rings. The molecule has 0 spiro atoms. The van der Waals surface area contributed by atoms with Crippen molar-refractivity contribution in [3.63, 3.8) is 0 Å². The number of ether oxygens (including phenoxy) is 2. The van der Waals surface area contributed by atoms with Crippen molar-refractivity contribution in [3.05, 3.63) is 59.7 Å². The van der Waals surface area contributed by atoms with Gasteiger partial charge in [0.2, 0.25) is 5.91 Å². The van der Waals surface area contributed by atoms with Gasteiger partial charge >= 0.3 is 12.1 Å². The minimum absolute atomic E-state index is 0.0817. The van der Waals surface area contributed by atoms with Gasteiger partial charge in [-0.15, -0.1) is 11.8 Å². The third kappa shape index (κ3) is 5.20. The topological polar surface area (TPSA) is 105 Å². The fourth-order valence-corrected chi connectivity index (χ4v) is 5.53. The number of carboxylic acids is 1. The molecule has 1 heterocycles. The predicted octanol–water partition coefficient (Wildman–Crippen LogP) is 2.96. The number of hydrogen-bond donors (Lipinski definition) is 2. The number of nitrogens with zero attached hydrogens (tertiary/aromatic N) is 1. The third-order valence-corrected chi connectivity index (χ3v) is 7.37. The summed E-state index contributed by atoms with van der Waals surface area (Å²) in [5.41, 5.74) is 4.48. The Morgan fingerprint density at radius 1 is 1.12 bits per heavy atom. The number of carbonyl (C=O) groups is 3. The van der Waals surface area contributed by atoms with Crippen LogP contribution in [-0.4, -0.2) is 78.4 Å². The van der Waals surface area contributed by atoms with Crippen LogP contribution in [0.5, 0.6) is 0 Å². The van der Waals surface area contributed by atoms with Crippen molar-refractivity contribution in [2.75, 3.05) is 39.2 Å². The number of rotatable bonds is 8. The number of hydrogen-bond acceptors (Lipinski definition) is 6. The average molecular weight is 485 g/mol. The number of carbonyl (C=O) groups excluding carboxylic acids is 2. The number of nitrogens with one attached hydrogen (secondary N) is 1. The lowest BCUT2D eigenvalue weighted by Crippen LogP contribution is -2.53. The lowest BCUT2D eigenvalue weighted by molar-refractivity contribution is -0.138. The molecule has 0 bridgehead atoms. The van der Waals surface area contributed by atoms with Gasteiger partial charge < -0.3 is 24.8 Å². The SMILES string of the molecule is COCCC(NC(=O)OCC1c2ccccc2-c2ccccc21)C(=O)N1CCSC(C(=O)O)C1. The van der Waals surface area contributed by atoms with Gasteiger partial charge in [0.15, 0.2) is 0 Å². The standard InChI is InChI=1S/C25H28N2O6S/c1-32-12-10-21(23(28)27-11-13-34-22(14-27)24(29)30)26-25(31)33-15-20-18-8-4-2-6-16(18)17-7-3-5-9-19(17)20/h2-9,20-22H,10-15H2,1H3,(H,26,31)(H,29,30). The van der Waals surface area contributed by atoms with E-state index in [0.717, 1.165) is 22.3 Å². The fourth-order valence-electron chi connectivity index (χ4n) is 4.49. The molecule has 0 radical (unpaired) electrons. The molecule has 180 valence electrons. The molecule has 0 aromatic heterocycles. The van der Waals surface area contributed by atoms with Crippen LogP contribution in [0.2, 0.25) is 0 Å². The largest absolute Gasteiger partial charge is 0.480 e. The Morgan fingerprint density at radius 3 is 2.38 bits per heavy atom. The average Bonchev–Trinajstić information content (AvgIpc) is 3.18. The van der Waals surface area contributed by atoms with Crippen LogP contribution in [0.4, 0.5) is 4.79 Å². The molecule has 8 nitrogen and oxygen atoms in total. The van der Waals surface area contributed by atoms with E-state index in [2.05, 4.69) is 17.4 Å². The normalized spacial score (nSPS) is 18.0. The highest BCUT2D eigenvalue weighted by molar-refractivity contribution is 8.00. The van der Waals surface area contributed by atoms with Crippen molar-refractivity contribution in [2.45, 2.75) is 23.6 Å². The van der Waals surface area contributed by atoms with Crippen LogP contribution in [0, 0.1) is 0 Å². The first kappa shape index (κ1) is 24.1. The molecule has 2 N–H and O–H groups in total. The molecule has 0 saturated carbocycles. The Hall–Kier alpha value is -3.04. The van der Waals surface area contributed by atoms with Gasteiger partial charge in [0.05, 0.1) is 0 Å². The monoisotopic (exact) mass is 484 g/mol. The van der Waals surface area contributed by atoms with Crippen molar-refractivity contribution in [3.8, 4) is 11.1 Å². The van der Waals surface area contributed by atoms with Crippen molar-refractivity contribution in [2.24, 2.45) is 0 Å². The van der Waals surface area contributed by atoms with E-state index in [9.17, 15) is 19.5 Å². The maximum atomic E-state index is 13.1. The molecule has 2 aliphatic rings. The Bertz CT molecular complexity index is 1020. The van der Waals surface area contributed by atoms with E-state index in [1.165, 1.54) is 23.8 Å². The Kier molecular flexibility index (Phi) is 7.74. The van der Waals surface area contributed by atoms with Gasteiger partial charge in [-0.25, -0.2) is 4.79 Å². The predicted molar refractivity (Wildman–Crippen MR) is 129 cm³/mol. The smallest absolute Gasteiger partial charge is 0.407 e. The summed E-state index contributed by atoms with van der Waals surface area (Å²) in [4.78, 5) is 38.7. The first-order valence-corrected chi connectivity index (χ1v) is 12.3. The van der Waals surface area contributed by atoms with Gasteiger partial charge in [-0.1, -0.05) is 48.5 Å². The molecule has 1 aliphatic heterocycles. The molecule has 1 fully saturated rings. The summed E-state index contributed by atoms with van der Waals surface area (Å²) in [6, 6.07) is 15.3. The maximum absolute atomic E-state index is 13.1. The summed E-state index contributed by atoms with van der Waals surface area (Å²) in [6.45, 7) is 0.954. The van der Waals surface area contributed by atoms with Crippen molar-refractivity contribution < 1.29 is 29.0 Å². The van der Waals surface area contributed by atoms with E-state index in [1.54, 1.807) is 0 Å². The minimum atomic E-state index is -0.944. The number of alkyl carbamates (subject to hydrolysis) is 1. The summed E-state index contributed by atoms with van der Waals surface area (Å²) in [5.74, 6) is -0.816. The van der Waals surface area contributed by atoms with Crippen LogP contribution in [0.3, 0.4) is 0 Å². The minimum Gasteiger partial charge on any atom is -0.480 e. The molecular weight excluding hydrogens is 456 g/mol. The lowest BCUT2D eigenvalue weighted by atomic mass is 9.98. The zero-order chi connectivity index (χ0) is 24.1. The number of amides is 2. The summed E-state index contributed by atoms with van der Waals surface area (Å²) >= 11 is 1.32. The zero-order valence-electron chi connectivity index (χ0n) is 18.9. The molecule has 2 aromatic carbocycles. The summed E-state index contributed by atoms with van der Waals surface area (Å²) in [7, 11) is 1.52. The highest BCUT2D eigenvalue weighted by Crippen LogP contribution is 2.44. The molecule has 1 saturated heterocycles. The summed E-state index contributed by atoms with van der Waals surface area (Å²) in [6.07, 6.45) is -0.418. The van der Waals surface area contributed by atoms with Crippen LogP contribution >= 0.6 is 11.8 Å². The van der Waals surface area contributed by atoms with Crippen LogP contribution in [0.15, 0.2) is 48.5 Å². The maximum Gasteiger partial charge on any atom is 0.407 e. The highest BCUT2D eigenvalue weighted by Gasteiger charge is 2.34. The van der Waals surface area contributed by atoms with Gasteiger partial charge in [0, 0.05) is 44.9 Å². The van der Waals surface area contributed by atoms with E-state index in [4.69, 9.17) is 9.47 Å². The van der Waals surface area contributed by atoms with E-state index in [0.29, 0.717) is 12.3 Å².